The lowest BCUT2D eigenvalue weighted by atomic mass is 10.1. The Morgan fingerprint density at radius 2 is 2.05 bits per heavy atom. The van der Waals surface area contributed by atoms with Crippen molar-refractivity contribution in [3.63, 3.8) is 0 Å². The summed E-state index contributed by atoms with van der Waals surface area (Å²) in [4.78, 5) is 10.8. The van der Waals surface area contributed by atoms with Crippen molar-refractivity contribution in [2.45, 2.75) is 31.9 Å². The van der Waals surface area contributed by atoms with E-state index in [0.29, 0.717) is 13.0 Å². The number of rotatable bonds is 8. The van der Waals surface area contributed by atoms with Gasteiger partial charge < -0.3 is 9.84 Å². The molecule has 0 bridgehead atoms. The first-order chi connectivity index (χ1) is 9.13. The Bertz CT molecular complexity index is 424. The van der Waals surface area contributed by atoms with Crippen LogP contribution in [0.3, 0.4) is 0 Å². The second-order valence-electron chi connectivity index (χ2n) is 5.14. The molecule has 1 aliphatic carbocycles. The number of thioether (sulfide) groups is 1. The smallest absolute Gasteiger partial charge is 0.303 e. The summed E-state index contributed by atoms with van der Waals surface area (Å²) < 4.78 is 5.40. The maximum Gasteiger partial charge on any atom is 0.303 e. The Morgan fingerprint density at radius 3 is 2.58 bits per heavy atom. The highest BCUT2D eigenvalue weighted by Crippen LogP contribution is 2.51. The van der Waals surface area contributed by atoms with Crippen molar-refractivity contribution in [2.24, 2.45) is 5.41 Å². The number of hydrogen-bond donors (Lipinski definition) is 1. The zero-order valence-electron chi connectivity index (χ0n) is 11.2. The van der Waals surface area contributed by atoms with Gasteiger partial charge in [0.1, 0.15) is 5.75 Å². The fourth-order valence-electron chi connectivity index (χ4n) is 2.10. The largest absolute Gasteiger partial charge is 0.494 e. The van der Waals surface area contributed by atoms with Crippen molar-refractivity contribution in [3.8, 4) is 5.75 Å². The minimum atomic E-state index is -0.667. The van der Waals surface area contributed by atoms with E-state index < -0.39 is 5.97 Å². The SMILES string of the molecule is CCOc1ccc(CSCC2(CC(=O)O)CC2)cc1. The number of aliphatic carboxylic acids is 1. The molecule has 0 amide bonds. The van der Waals surface area contributed by atoms with Crippen molar-refractivity contribution in [1.29, 1.82) is 0 Å². The Labute approximate surface area is 118 Å². The molecular formula is C15H20O3S. The summed E-state index contributed by atoms with van der Waals surface area (Å²) in [6, 6.07) is 8.14. The highest BCUT2D eigenvalue weighted by molar-refractivity contribution is 7.98. The van der Waals surface area contributed by atoms with Gasteiger partial charge in [-0.3, -0.25) is 4.79 Å². The van der Waals surface area contributed by atoms with Gasteiger partial charge in [-0.05, 0) is 48.6 Å². The van der Waals surface area contributed by atoms with Gasteiger partial charge in [-0.15, -0.1) is 0 Å². The number of benzene rings is 1. The van der Waals surface area contributed by atoms with Crippen molar-refractivity contribution in [1.82, 2.24) is 0 Å². The van der Waals surface area contributed by atoms with Crippen molar-refractivity contribution in [3.05, 3.63) is 29.8 Å². The van der Waals surface area contributed by atoms with E-state index in [-0.39, 0.29) is 5.41 Å². The molecule has 2 rings (SSSR count). The fraction of sp³-hybridized carbons (Fsp3) is 0.533. The quantitative estimate of drug-likeness (QED) is 0.790. The molecule has 0 spiro atoms. The van der Waals surface area contributed by atoms with Crippen LogP contribution in [0, 0.1) is 5.41 Å². The third-order valence-electron chi connectivity index (χ3n) is 3.39. The molecule has 0 aliphatic heterocycles. The lowest BCUT2D eigenvalue weighted by molar-refractivity contribution is -0.138. The van der Waals surface area contributed by atoms with Gasteiger partial charge in [0, 0.05) is 5.75 Å². The van der Waals surface area contributed by atoms with Crippen LogP contribution >= 0.6 is 11.8 Å². The van der Waals surface area contributed by atoms with Crippen LogP contribution < -0.4 is 4.74 Å². The van der Waals surface area contributed by atoms with E-state index in [1.807, 2.05) is 30.8 Å². The molecule has 19 heavy (non-hydrogen) atoms. The standard InChI is InChI=1S/C15H20O3S/c1-2-18-13-5-3-12(4-6-13)10-19-11-15(7-8-15)9-14(16)17/h3-6H,2,7-11H2,1H3,(H,16,17). The molecular weight excluding hydrogens is 260 g/mol. The topological polar surface area (TPSA) is 46.5 Å². The van der Waals surface area contributed by atoms with Gasteiger partial charge in [-0.1, -0.05) is 12.1 Å². The van der Waals surface area contributed by atoms with Gasteiger partial charge in [0.05, 0.1) is 13.0 Å². The van der Waals surface area contributed by atoms with Crippen LogP contribution in [0.25, 0.3) is 0 Å². The third-order valence-corrected chi connectivity index (χ3v) is 4.75. The first-order valence-electron chi connectivity index (χ1n) is 6.65. The Hall–Kier alpha value is -1.16. The first-order valence-corrected chi connectivity index (χ1v) is 7.80. The van der Waals surface area contributed by atoms with Gasteiger partial charge in [0.15, 0.2) is 0 Å². The second kappa shape index (κ2) is 6.33. The highest BCUT2D eigenvalue weighted by Gasteiger charge is 2.43. The first kappa shape index (κ1) is 14.3. The average Bonchev–Trinajstić information content (AvgIpc) is 3.11. The summed E-state index contributed by atoms with van der Waals surface area (Å²) in [5.41, 5.74) is 1.35. The molecule has 0 radical (unpaired) electrons. The summed E-state index contributed by atoms with van der Waals surface area (Å²) in [6.07, 6.45) is 2.45. The average molecular weight is 280 g/mol. The molecule has 0 aromatic heterocycles. The lowest BCUT2D eigenvalue weighted by Gasteiger charge is -2.11. The summed E-state index contributed by atoms with van der Waals surface area (Å²) in [5.74, 6) is 2.13. The summed E-state index contributed by atoms with van der Waals surface area (Å²) in [6.45, 7) is 2.66. The van der Waals surface area contributed by atoms with Gasteiger partial charge in [0.25, 0.3) is 0 Å². The minimum Gasteiger partial charge on any atom is -0.494 e. The highest BCUT2D eigenvalue weighted by atomic mass is 32.2. The maximum absolute atomic E-state index is 10.8. The van der Waals surface area contributed by atoms with Crippen LogP contribution in [0.5, 0.6) is 5.75 Å². The molecule has 1 aliphatic rings. The van der Waals surface area contributed by atoms with E-state index in [2.05, 4.69) is 12.1 Å². The van der Waals surface area contributed by atoms with Crippen molar-refractivity contribution < 1.29 is 14.6 Å². The van der Waals surface area contributed by atoms with Gasteiger partial charge in [-0.2, -0.15) is 11.8 Å². The summed E-state index contributed by atoms with van der Waals surface area (Å²) in [5, 5.41) is 8.86. The summed E-state index contributed by atoms with van der Waals surface area (Å²) >= 11 is 1.83. The zero-order chi connectivity index (χ0) is 13.7. The molecule has 1 aromatic rings. The predicted molar refractivity (Wildman–Crippen MR) is 77.7 cm³/mol. The zero-order valence-corrected chi connectivity index (χ0v) is 12.0. The number of ether oxygens (including phenoxy) is 1. The van der Waals surface area contributed by atoms with Crippen molar-refractivity contribution in [2.75, 3.05) is 12.4 Å². The van der Waals surface area contributed by atoms with E-state index in [4.69, 9.17) is 9.84 Å². The van der Waals surface area contributed by atoms with E-state index in [0.717, 1.165) is 30.1 Å². The molecule has 1 fully saturated rings. The second-order valence-corrected chi connectivity index (χ2v) is 6.13. The van der Waals surface area contributed by atoms with E-state index in [1.165, 1.54) is 5.56 Å². The van der Waals surface area contributed by atoms with E-state index in [9.17, 15) is 4.79 Å². The Balaban J connectivity index is 1.75. The van der Waals surface area contributed by atoms with Crippen LogP contribution in [0.4, 0.5) is 0 Å². The van der Waals surface area contributed by atoms with Crippen LogP contribution in [0.1, 0.15) is 31.7 Å². The Morgan fingerprint density at radius 1 is 1.37 bits per heavy atom. The van der Waals surface area contributed by atoms with Crippen LogP contribution in [0.15, 0.2) is 24.3 Å². The van der Waals surface area contributed by atoms with E-state index >= 15 is 0 Å². The summed E-state index contributed by atoms with van der Waals surface area (Å²) in [7, 11) is 0. The molecule has 0 saturated heterocycles. The molecule has 1 aromatic carbocycles. The third kappa shape index (κ3) is 4.46. The number of carboxylic acids is 1. The van der Waals surface area contributed by atoms with Crippen LogP contribution in [-0.2, 0) is 10.5 Å². The monoisotopic (exact) mass is 280 g/mol. The maximum atomic E-state index is 10.8. The van der Waals surface area contributed by atoms with Crippen LogP contribution in [0.2, 0.25) is 0 Å². The van der Waals surface area contributed by atoms with Gasteiger partial charge in [0.2, 0.25) is 0 Å². The predicted octanol–water partition coefficient (Wildman–Crippen LogP) is 3.57. The van der Waals surface area contributed by atoms with Crippen LogP contribution in [-0.4, -0.2) is 23.4 Å². The molecule has 0 heterocycles. The molecule has 1 saturated carbocycles. The molecule has 104 valence electrons. The molecule has 0 unspecified atom stereocenters. The molecule has 0 atom stereocenters. The normalized spacial score (nSPS) is 16.1. The van der Waals surface area contributed by atoms with Crippen molar-refractivity contribution >= 4 is 17.7 Å². The number of hydrogen-bond acceptors (Lipinski definition) is 3. The molecule has 1 N–H and O–H groups in total. The number of carboxylic acid groups (broad SMARTS) is 1. The Kier molecular flexibility index (Phi) is 4.75. The van der Waals surface area contributed by atoms with E-state index in [1.54, 1.807) is 0 Å². The molecule has 3 nitrogen and oxygen atoms in total. The van der Waals surface area contributed by atoms with Gasteiger partial charge in [-0.25, -0.2) is 0 Å². The fourth-order valence-corrected chi connectivity index (χ4v) is 3.46. The molecule has 4 heteroatoms. The van der Waals surface area contributed by atoms with Gasteiger partial charge >= 0.3 is 5.97 Å². The lowest BCUT2D eigenvalue weighted by Crippen LogP contribution is -2.11. The minimum absolute atomic E-state index is 0.0851. The number of carbonyl (C=O) groups is 1.